The van der Waals surface area contributed by atoms with Gasteiger partial charge in [0, 0.05) is 37.5 Å². The van der Waals surface area contributed by atoms with Gasteiger partial charge in [-0.05, 0) is 55.9 Å². The number of hydrogen-bond acceptors (Lipinski definition) is 3. The lowest BCUT2D eigenvalue weighted by molar-refractivity contribution is 0.614. The number of halogens is 1. The maximum atomic E-state index is 13.0. The third kappa shape index (κ3) is 5.00. The van der Waals surface area contributed by atoms with Crippen molar-refractivity contribution in [3.05, 3.63) is 48.0 Å². The summed E-state index contributed by atoms with van der Waals surface area (Å²) >= 11 is 1.96. The van der Waals surface area contributed by atoms with Crippen molar-refractivity contribution in [1.29, 1.82) is 0 Å². The predicted molar refractivity (Wildman–Crippen MR) is 107 cm³/mol. The van der Waals surface area contributed by atoms with E-state index in [0.717, 1.165) is 35.6 Å². The quantitative estimate of drug-likeness (QED) is 0.602. The second-order valence-electron chi connectivity index (χ2n) is 6.49. The van der Waals surface area contributed by atoms with Crippen molar-refractivity contribution >= 4 is 17.7 Å². The molecule has 2 aromatic rings. The van der Waals surface area contributed by atoms with Crippen LogP contribution in [0, 0.1) is 5.82 Å². The molecule has 0 radical (unpaired) electrons. The molecule has 0 bridgehead atoms. The minimum Gasteiger partial charge on any atom is -0.356 e. The van der Waals surface area contributed by atoms with Crippen LogP contribution in [0.25, 0.3) is 5.69 Å². The number of benzene rings is 1. The number of nitrogens with one attached hydrogen (secondary N) is 2. The van der Waals surface area contributed by atoms with Gasteiger partial charge in [0.05, 0.1) is 11.4 Å². The number of rotatable bonds is 6. The fraction of sp³-hybridized carbons (Fsp3) is 0.474. The van der Waals surface area contributed by atoms with Gasteiger partial charge in [-0.3, -0.25) is 4.99 Å². The SMILES string of the molecule is CN=C(NCCc1ccn(-c2ccc(F)cc2)n1)NC1CCC(SC)C1. The molecule has 0 spiro atoms. The van der Waals surface area contributed by atoms with Crippen LogP contribution < -0.4 is 10.6 Å². The van der Waals surface area contributed by atoms with Crippen LogP contribution in [0.5, 0.6) is 0 Å². The highest BCUT2D eigenvalue weighted by Gasteiger charge is 2.24. The smallest absolute Gasteiger partial charge is 0.191 e. The normalized spacial score (nSPS) is 20.3. The van der Waals surface area contributed by atoms with Crippen molar-refractivity contribution in [2.75, 3.05) is 19.8 Å². The Kier molecular flexibility index (Phi) is 6.55. The minimum absolute atomic E-state index is 0.240. The van der Waals surface area contributed by atoms with Crippen LogP contribution in [0.4, 0.5) is 4.39 Å². The molecular formula is C19H26FN5S. The molecule has 3 rings (SSSR count). The largest absolute Gasteiger partial charge is 0.356 e. The van der Waals surface area contributed by atoms with Gasteiger partial charge in [-0.25, -0.2) is 9.07 Å². The number of guanidine groups is 1. The van der Waals surface area contributed by atoms with Gasteiger partial charge in [-0.15, -0.1) is 0 Å². The highest BCUT2D eigenvalue weighted by atomic mass is 32.2. The summed E-state index contributed by atoms with van der Waals surface area (Å²) in [6.45, 7) is 0.763. The van der Waals surface area contributed by atoms with Gasteiger partial charge in [0.1, 0.15) is 5.82 Å². The molecule has 1 aromatic carbocycles. The first-order chi connectivity index (χ1) is 12.7. The Balaban J connectivity index is 1.46. The van der Waals surface area contributed by atoms with Gasteiger partial charge in [-0.2, -0.15) is 16.9 Å². The van der Waals surface area contributed by atoms with E-state index >= 15 is 0 Å². The molecule has 0 amide bonds. The summed E-state index contributed by atoms with van der Waals surface area (Å²) in [6.07, 6.45) is 8.56. The summed E-state index contributed by atoms with van der Waals surface area (Å²) in [7, 11) is 1.81. The maximum absolute atomic E-state index is 13.0. The fourth-order valence-corrected chi connectivity index (χ4v) is 4.01. The van der Waals surface area contributed by atoms with Crippen molar-refractivity contribution in [3.63, 3.8) is 0 Å². The van der Waals surface area contributed by atoms with Gasteiger partial charge < -0.3 is 10.6 Å². The Labute approximate surface area is 158 Å². The molecule has 0 aliphatic heterocycles. The van der Waals surface area contributed by atoms with Gasteiger partial charge in [-0.1, -0.05) is 0 Å². The summed E-state index contributed by atoms with van der Waals surface area (Å²) in [5, 5.41) is 12.2. The van der Waals surface area contributed by atoms with E-state index in [2.05, 4.69) is 27.0 Å². The van der Waals surface area contributed by atoms with Gasteiger partial charge in [0.25, 0.3) is 0 Å². The second kappa shape index (κ2) is 9.07. The molecule has 0 saturated heterocycles. The predicted octanol–water partition coefficient (Wildman–Crippen LogP) is 3.00. The fourth-order valence-electron chi connectivity index (χ4n) is 3.21. The van der Waals surface area contributed by atoms with E-state index in [9.17, 15) is 4.39 Å². The van der Waals surface area contributed by atoms with Crippen LogP contribution in [-0.2, 0) is 6.42 Å². The second-order valence-corrected chi connectivity index (χ2v) is 7.63. The summed E-state index contributed by atoms with van der Waals surface area (Å²) < 4.78 is 14.8. The van der Waals surface area contributed by atoms with Crippen molar-refractivity contribution < 1.29 is 4.39 Å². The lowest BCUT2D eigenvalue weighted by Crippen LogP contribution is -2.43. The highest BCUT2D eigenvalue weighted by Crippen LogP contribution is 2.27. The Hall–Kier alpha value is -2.02. The van der Waals surface area contributed by atoms with Crippen LogP contribution in [0.3, 0.4) is 0 Å². The standard InChI is InChI=1S/C19H26FN5S/c1-21-19(23-16-5-8-18(13-16)26-2)22-11-9-15-10-12-25(24-15)17-6-3-14(20)4-7-17/h3-4,6-7,10,12,16,18H,5,8-9,11,13H2,1-2H3,(H2,21,22,23). The summed E-state index contributed by atoms with van der Waals surface area (Å²) in [6, 6.07) is 8.83. The van der Waals surface area contributed by atoms with Crippen molar-refractivity contribution in [3.8, 4) is 5.69 Å². The van der Waals surface area contributed by atoms with Gasteiger partial charge in [0.15, 0.2) is 5.96 Å². The maximum Gasteiger partial charge on any atom is 0.191 e. The number of aromatic nitrogens is 2. The van der Waals surface area contributed by atoms with E-state index in [1.54, 1.807) is 23.9 Å². The number of hydrogen-bond donors (Lipinski definition) is 2. The van der Waals surface area contributed by atoms with Crippen LogP contribution >= 0.6 is 11.8 Å². The van der Waals surface area contributed by atoms with Crippen LogP contribution in [0.1, 0.15) is 25.0 Å². The molecule has 140 valence electrons. The third-order valence-electron chi connectivity index (χ3n) is 4.69. The lowest BCUT2D eigenvalue weighted by atomic mass is 10.2. The zero-order valence-electron chi connectivity index (χ0n) is 15.3. The van der Waals surface area contributed by atoms with E-state index in [1.165, 1.54) is 31.4 Å². The number of aliphatic imine (C=N–C) groups is 1. The molecular weight excluding hydrogens is 349 g/mol. The Bertz CT molecular complexity index is 728. The van der Waals surface area contributed by atoms with Crippen molar-refractivity contribution in [2.24, 2.45) is 4.99 Å². The zero-order chi connectivity index (χ0) is 18.4. The Morgan fingerprint density at radius 1 is 1.31 bits per heavy atom. The zero-order valence-corrected chi connectivity index (χ0v) is 16.1. The molecule has 2 atom stereocenters. The molecule has 1 aliphatic carbocycles. The first kappa shape index (κ1) is 18.8. The summed E-state index contributed by atoms with van der Waals surface area (Å²) in [5.41, 5.74) is 1.84. The molecule has 1 fully saturated rings. The van der Waals surface area contributed by atoms with E-state index in [-0.39, 0.29) is 5.82 Å². The highest BCUT2D eigenvalue weighted by molar-refractivity contribution is 7.99. The van der Waals surface area contributed by atoms with Gasteiger partial charge >= 0.3 is 0 Å². The monoisotopic (exact) mass is 375 g/mol. The van der Waals surface area contributed by atoms with Crippen molar-refractivity contribution in [2.45, 2.75) is 37.0 Å². The molecule has 1 aromatic heterocycles. The number of thioether (sulfide) groups is 1. The Morgan fingerprint density at radius 3 is 2.81 bits per heavy atom. The lowest BCUT2D eigenvalue weighted by Gasteiger charge is -2.17. The first-order valence-electron chi connectivity index (χ1n) is 8.98. The van der Waals surface area contributed by atoms with E-state index in [4.69, 9.17) is 0 Å². The molecule has 26 heavy (non-hydrogen) atoms. The molecule has 2 unspecified atom stereocenters. The third-order valence-corrected chi connectivity index (χ3v) is 5.79. The van der Waals surface area contributed by atoms with E-state index < -0.39 is 0 Å². The van der Waals surface area contributed by atoms with Crippen LogP contribution in [0.2, 0.25) is 0 Å². The molecule has 2 N–H and O–H groups in total. The molecule has 1 heterocycles. The van der Waals surface area contributed by atoms with E-state index in [1.807, 2.05) is 24.0 Å². The van der Waals surface area contributed by atoms with Crippen molar-refractivity contribution in [1.82, 2.24) is 20.4 Å². The molecule has 1 aliphatic rings. The van der Waals surface area contributed by atoms with Crippen LogP contribution in [0.15, 0.2) is 41.5 Å². The number of nitrogens with zero attached hydrogens (tertiary/aromatic N) is 3. The minimum atomic E-state index is -0.240. The summed E-state index contributed by atoms with van der Waals surface area (Å²) in [5.74, 6) is 0.616. The Morgan fingerprint density at radius 2 is 2.12 bits per heavy atom. The first-order valence-corrected chi connectivity index (χ1v) is 10.3. The average molecular weight is 376 g/mol. The summed E-state index contributed by atoms with van der Waals surface area (Å²) in [4.78, 5) is 4.32. The molecule has 5 nitrogen and oxygen atoms in total. The average Bonchev–Trinajstić information content (AvgIpc) is 3.31. The molecule has 1 saturated carbocycles. The van der Waals surface area contributed by atoms with E-state index in [0.29, 0.717) is 6.04 Å². The van der Waals surface area contributed by atoms with Crippen LogP contribution in [-0.4, -0.2) is 46.9 Å². The topological polar surface area (TPSA) is 54.2 Å². The molecule has 7 heteroatoms. The van der Waals surface area contributed by atoms with Gasteiger partial charge in [0.2, 0.25) is 0 Å².